The highest BCUT2D eigenvalue weighted by Crippen LogP contribution is 2.10. The number of hydrogen-bond acceptors (Lipinski definition) is 3. The molecule has 2 amide bonds. The van der Waals surface area contributed by atoms with E-state index in [0.29, 0.717) is 12.5 Å². The van der Waals surface area contributed by atoms with Gasteiger partial charge in [0.05, 0.1) is 0 Å². The van der Waals surface area contributed by atoms with Crippen LogP contribution >= 0.6 is 0 Å². The fraction of sp³-hybridized carbons (Fsp3) is 0.846. The number of rotatable bonds is 6. The molecule has 0 bridgehead atoms. The minimum Gasteiger partial charge on any atom is -0.356 e. The quantitative estimate of drug-likeness (QED) is 0.726. The topological polar surface area (TPSA) is 61.4 Å². The van der Waals surface area contributed by atoms with Gasteiger partial charge in [-0.2, -0.15) is 0 Å². The summed E-state index contributed by atoms with van der Waals surface area (Å²) in [4.78, 5) is 24.4. The van der Waals surface area contributed by atoms with Crippen LogP contribution in [-0.4, -0.2) is 48.9 Å². The average Bonchev–Trinajstić information content (AvgIpc) is 2.37. The van der Waals surface area contributed by atoms with Crippen LogP contribution in [0.2, 0.25) is 0 Å². The van der Waals surface area contributed by atoms with Crippen molar-refractivity contribution in [2.24, 2.45) is 0 Å². The summed E-state index contributed by atoms with van der Waals surface area (Å²) in [5.41, 5.74) is 0. The molecule has 1 rings (SSSR count). The van der Waals surface area contributed by atoms with Gasteiger partial charge in [-0.1, -0.05) is 6.92 Å². The zero-order valence-electron chi connectivity index (χ0n) is 11.5. The lowest BCUT2D eigenvalue weighted by molar-refractivity contribution is -0.129. The van der Waals surface area contributed by atoms with Gasteiger partial charge in [-0.25, -0.2) is 0 Å². The van der Waals surface area contributed by atoms with Gasteiger partial charge in [0.2, 0.25) is 11.8 Å². The summed E-state index contributed by atoms with van der Waals surface area (Å²) in [7, 11) is 0. The Morgan fingerprint density at radius 1 is 1.22 bits per heavy atom. The fourth-order valence-corrected chi connectivity index (χ4v) is 2.14. The van der Waals surface area contributed by atoms with Gasteiger partial charge in [-0.15, -0.1) is 0 Å². The van der Waals surface area contributed by atoms with E-state index in [2.05, 4.69) is 10.6 Å². The second kappa shape index (κ2) is 8.08. The van der Waals surface area contributed by atoms with Crippen molar-refractivity contribution in [1.82, 2.24) is 15.5 Å². The Hall–Kier alpha value is -1.10. The standard InChI is InChI=1S/C13H25N3O2/c1-3-7-15-13(18)4-8-14-12-5-9-16(10-6-12)11(2)17/h12,14H,3-10H2,1-2H3,(H,15,18). The lowest BCUT2D eigenvalue weighted by atomic mass is 10.0. The second-order valence-corrected chi connectivity index (χ2v) is 4.83. The Balaban J connectivity index is 2.07. The molecular weight excluding hydrogens is 230 g/mol. The van der Waals surface area contributed by atoms with E-state index in [4.69, 9.17) is 0 Å². The summed E-state index contributed by atoms with van der Waals surface area (Å²) >= 11 is 0. The van der Waals surface area contributed by atoms with Gasteiger partial charge in [-0.05, 0) is 19.3 Å². The van der Waals surface area contributed by atoms with Gasteiger partial charge in [0.15, 0.2) is 0 Å². The third-order valence-corrected chi connectivity index (χ3v) is 3.30. The molecule has 0 aromatic heterocycles. The number of piperidine rings is 1. The van der Waals surface area contributed by atoms with Crippen LogP contribution in [0.3, 0.4) is 0 Å². The largest absolute Gasteiger partial charge is 0.356 e. The molecule has 1 heterocycles. The van der Waals surface area contributed by atoms with Gasteiger partial charge >= 0.3 is 0 Å². The molecule has 5 nitrogen and oxygen atoms in total. The first-order valence-electron chi connectivity index (χ1n) is 6.89. The first kappa shape index (κ1) is 15.0. The van der Waals surface area contributed by atoms with E-state index in [1.165, 1.54) is 0 Å². The maximum atomic E-state index is 11.4. The predicted molar refractivity (Wildman–Crippen MR) is 71.2 cm³/mol. The highest BCUT2D eigenvalue weighted by molar-refractivity contribution is 5.76. The average molecular weight is 255 g/mol. The summed E-state index contributed by atoms with van der Waals surface area (Å²) in [6.07, 6.45) is 3.47. The smallest absolute Gasteiger partial charge is 0.221 e. The van der Waals surface area contributed by atoms with E-state index >= 15 is 0 Å². The van der Waals surface area contributed by atoms with Crippen LogP contribution in [0.1, 0.15) is 39.5 Å². The third-order valence-electron chi connectivity index (χ3n) is 3.30. The SMILES string of the molecule is CCCNC(=O)CCNC1CCN(C(C)=O)CC1. The lowest BCUT2D eigenvalue weighted by Gasteiger charge is -2.31. The maximum absolute atomic E-state index is 11.4. The molecule has 0 unspecified atom stereocenters. The first-order valence-corrected chi connectivity index (χ1v) is 6.89. The Bertz CT molecular complexity index is 273. The molecular formula is C13H25N3O2. The molecule has 0 spiro atoms. The van der Waals surface area contributed by atoms with E-state index in [9.17, 15) is 9.59 Å². The zero-order chi connectivity index (χ0) is 13.4. The molecule has 0 aromatic carbocycles. The summed E-state index contributed by atoms with van der Waals surface area (Å²) < 4.78 is 0. The normalized spacial score (nSPS) is 16.7. The Morgan fingerprint density at radius 2 is 1.89 bits per heavy atom. The van der Waals surface area contributed by atoms with Gasteiger partial charge in [0.1, 0.15) is 0 Å². The van der Waals surface area contributed by atoms with E-state index in [0.717, 1.165) is 45.4 Å². The molecule has 0 saturated carbocycles. The van der Waals surface area contributed by atoms with Crippen LogP contribution in [0.25, 0.3) is 0 Å². The van der Waals surface area contributed by atoms with Gasteiger partial charge in [0, 0.05) is 45.6 Å². The van der Waals surface area contributed by atoms with E-state index in [1.54, 1.807) is 6.92 Å². The Kier molecular flexibility index (Phi) is 6.72. The number of likely N-dealkylation sites (tertiary alicyclic amines) is 1. The maximum Gasteiger partial charge on any atom is 0.221 e. The monoisotopic (exact) mass is 255 g/mol. The number of carbonyl (C=O) groups is 2. The van der Waals surface area contributed by atoms with Crippen molar-refractivity contribution in [2.75, 3.05) is 26.2 Å². The highest BCUT2D eigenvalue weighted by Gasteiger charge is 2.19. The van der Waals surface area contributed by atoms with E-state index < -0.39 is 0 Å². The number of amides is 2. The van der Waals surface area contributed by atoms with Crippen molar-refractivity contribution in [3.63, 3.8) is 0 Å². The van der Waals surface area contributed by atoms with Crippen LogP contribution in [0.5, 0.6) is 0 Å². The fourth-order valence-electron chi connectivity index (χ4n) is 2.14. The van der Waals surface area contributed by atoms with Crippen molar-refractivity contribution < 1.29 is 9.59 Å². The number of carbonyl (C=O) groups excluding carboxylic acids is 2. The molecule has 0 aliphatic carbocycles. The molecule has 1 aliphatic heterocycles. The molecule has 18 heavy (non-hydrogen) atoms. The van der Waals surface area contributed by atoms with Crippen LogP contribution in [0.4, 0.5) is 0 Å². The van der Waals surface area contributed by atoms with Crippen molar-refractivity contribution in [2.45, 2.75) is 45.6 Å². The van der Waals surface area contributed by atoms with Crippen LogP contribution in [0.15, 0.2) is 0 Å². The first-order chi connectivity index (χ1) is 8.63. The molecule has 2 N–H and O–H groups in total. The Morgan fingerprint density at radius 3 is 2.44 bits per heavy atom. The van der Waals surface area contributed by atoms with Gasteiger partial charge < -0.3 is 15.5 Å². The molecule has 5 heteroatoms. The van der Waals surface area contributed by atoms with Crippen molar-refractivity contribution in [3.8, 4) is 0 Å². The highest BCUT2D eigenvalue weighted by atomic mass is 16.2. The summed E-state index contributed by atoms with van der Waals surface area (Å²) in [6, 6.07) is 0.444. The lowest BCUT2D eigenvalue weighted by Crippen LogP contribution is -2.44. The third kappa shape index (κ3) is 5.49. The van der Waals surface area contributed by atoms with Gasteiger partial charge in [0.25, 0.3) is 0 Å². The van der Waals surface area contributed by atoms with Crippen LogP contribution in [0, 0.1) is 0 Å². The molecule has 104 valence electrons. The molecule has 0 aromatic rings. The Labute approximate surface area is 109 Å². The molecule has 0 radical (unpaired) electrons. The summed E-state index contributed by atoms with van der Waals surface area (Å²) in [6.45, 7) is 6.80. The van der Waals surface area contributed by atoms with Crippen LogP contribution < -0.4 is 10.6 Å². The van der Waals surface area contributed by atoms with Crippen molar-refractivity contribution >= 4 is 11.8 Å². The summed E-state index contributed by atoms with van der Waals surface area (Å²) in [5.74, 6) is 0.276. The number of hydrogen-bond donors (Lipinski definition) is 2. The van der Waals surface area contributed by atoms with Crippen molar-refractivity contribution in [1.29, 1.82) is 0 Å². The van der Waals surface area contributed by atoms with Gasteiger partial charge in [-0.3, -0.25) is 9.59 Å². The minimum atomic E-state index is 0.116. The molecule has 1 aliphatic rings. The second-order valence-electron chi connectivity index (χ2n) is 4.83. The van der Waals surface area contributed by atoms with Crippen molar-refractivity contribution in [3.05, 3.63) is 0 Å². The zero-order valence-corrected chi connectivity index (χ0v) is 11.5. The minimum absolute atomic E-state index is 0.116. The number of nitrogens with zero attached hydrogens (tertiary/aromatic N) is 1. The molecule has 1 saturated heterocycles. The van der Waals surface area contributed by atoms with E-state index in [-0.39, 0.29) is 11.8 Å². The molecule has 1 fully saturated rings. The van der Waals surface area contributed by atoms with E-state index in [1.807, 2.05) is 11.8 Å². The van der Waals surface area contributed by atoms with Crippen LogP contribution in [-0.2, 0) is 9.59 Å². The molecule has 0 atom stereocenters. The number of nitrogens with one attached hydrogen (secondary N) is 2. The summed E-state index contributed by atoms with van der Waals surface area (Å²) in [5, 5.41) is 6.25. The predicted octanol–water partition coefficient (Wildman–Crippen LogP) is 0.503.